The summed E-state index contributed by atoms with van der Waals surface area (Å²) in [7, 11) is 0. The van der Waals surface area contributed by atoms with Crippen molar-refractivity contribution >= 4 is 32.4 Å². The fourth-order valence-corrected chi connectivity index (χ4v) is 3.21. The quantitative estimate of drug-likeness (QED) is 0.831. The minimum atomic E-state index is 0.648. The first kappa shape index (κ1) is 10.4. The van der Waals surface area contributed by atoms with Gasteiger partial charge in [0.15, 0.2) is 3.92 Å². The first-order valence-corrected chi connectivity index (χ1v) is 6.55. The van der Waals surface area contributed by atoms with Gasteiger partial charge in [-0.25, -0.2) is 0 Å². The van der Waals surface area contributed by atoms with Crippen LogP contribution in [0.3, 0.4) is 0 Å². The van der Waals surface area contributed by atoms with E-state index in [4.69, 9.17) is 0 Å². The van der Waals surface area contributed by atoms with E-state index in [1.807, 2.05) is 0 Å². The molecule has 0 aromatic carbocycles. The lowest BCUT2D eigenvalue weighted by atomic mass is 10.0. The average Bonchev–Trinajstić information content (AvgIpc) is 2.70. The summed E-state index contributed by atoms with van der Waals surface area (Å²) < 4.78 is 0.877. The van der Waals surface area contributed by atoms with E-state index in [0.717, 1.165) is 15.6 Å². The molecule has 2 rings (SSSR count). The van der Waals surface area contributed by atoms with E-state index in [1.54, 1.807) is 11.3 Å². The summed E-state index contributed by atoms with van der Waals surface area (Å²) in [4.78, 5) is 2.40. The molecule has 78 valence electrons. The van der Waals surface area contributed by atoms with Gasteiger partial charge in [0.25, 0.3) is 0 Å². The van der Waals surface area contributed by atoms with Gasteiger partial charge >= 0.3 is 0 Å². The Hall–Kier alpha value is -0.160. The number of aromatic nitrogens is 2. The van der Waals surface area contributed by atoms with Crippen LogP contribution in [0, 0.1) is 5.92 Å². The van der Waals surface area contributed by atoms with Crippen molar-refractivity contribution in [1.29, 1.82) is 0 Å². The standard InChI is InChI=1S/C9H14BrN3S/c1-6(2)7-4-3-5-13(7)9-12-11-8(10)14-9/h6-7H,3-5H2,1-2H3. The van der Waals surface area contributed by atoms with Crippen molar-refractivity contribution in [3.8, 4) is 0 Å². The number of hydrogen-bond acceptors (Lipinski definition) is 4. The molecule has 1 saturated heterocycles. The van der Waals surface area contributed by atoms with E-state index in [-0.39, 0.29) is 0 Å². The highest BCUT2D eigenvalue weighted by Crippen LogP contribution is 2.32. The minimum absolute atomic E-state index is 0.648. The smallest absolute Gasteiger partial charge is 0.209 e. The summed E-state index contributed by atoms with van der Waals surface area (Å²) in [6.45, 7) is 5.68. The van der Waals surface area contributed by atoms with Crippen LogP contribution in [0.15, 0.2) is 3.92 Å². The zero-order valence-corrected chi connectivity index (χ0v) is 10.8. The van der Waals surface area contributed by atoms with Crippen molar-refractivity contribution in [3.63, 3.8) is 0 Å². The average molecular weight is 276 g/mol. The van der Waals surface area contributed by atoms with Crippen LogP contribution in [0.2, 0.25) is 0 Å². The molecule has 3 nitrogen and oxygen atoms in total. The molecule has 0 N–H and O–H groups in total. The molecule has 1 fully saturated rings. The minimum Gasteiger partial charge on any atom is -0.343 e. The van der Waals surface area contributed by atoms with Crippen LogP contribution < -0.4 is 4.90 Å². The second-order valence-corrected chi connectivity index (χ2v) is 6.22. The number of halogens is 1. The second kappa shape index (κ2) is 4.14. The number of nitrogens with zero attached hydrogens (tertiary/aromatic N) is 3. The highest BCUT2D eigenvalue weighted by Gasteiger charge is 2.29. The summed E-state index contributed by atoms with van der Waals surface area (Å²) in [5, 5.41) is 9.24. The van der Waals surface area contributed by atoms with Crippen molar-refractivity contribution in [2.24, 2.45) is 5.92 Å². The Bertz CT molecular complexity index is 313. The Morgan fingerprint density at radius 2 is 2.29 bits per heavy atom. The lowest BCUT2D eigenvalue weighted by Crippen LogP contribution is -2.33. The molecule has 0 radical (unpaired) electrons. The Labute approximate surface area is 96.7 Å². The maximum atomic E-state index is 4.18. The van der Waals surface area contributed by atoms with Crippen molar-refractivity contribution in [2.75, 3.05) is 11.4 Å². The largest absolute Gasteiger partial charge is 0.343 e. The molecule has 0 spiro atoms. The van der Waals surface area contributed by atoms with E-state index in [2.05, 4.69) is 44.9 Å². The molecule has 0 aliphatic carbocycles. The summed E-state index contributed by atoms with van der Waals surface area (Å²) in [6, 6.07) is 0.648. The summed E-state index contributed by atoms with van der Waals surface area (Å²) in [5.41, 5.74) is 0. The summed E-state index contributed by atoms with van der Waals surface area (Å²) >= 11 is 4.98. The van der Waals surface area contributed by atoms with Gasteiger partial charge < -0.3 is 4.90 Å². The van der Waals surface area contributed by atoms with Crippen LogP contribution in [0.4, 0.5) is 5.13 Å². The van der Waals surface area contributed by atoms with Gasteiger partial charge in [-0.15, -0.1) is 10.2 Å². The van der Waals surface area contributed by atoms with Gasteiger partial charge in [-0.05, 0) is 34.7 Å². The van der Waals surface area contributed by atoms with Crippen molar-refractivity contribution in [3.05, 3.63) is 3.92 Å². The lowest BCUT2D eigenvalue weighted by molar-refractivity contribution is 0.491. The van der Waals surface area contributed by atoms with Gasteiger partial charge in [0, 0.05) is 12.6 Å². The Kier molecular flexibility index (Phi) is 3.07. The third-order valence-electron chi connectivity index (χ3n) is 2.70. The van der Waals surface area contributed by atoms with E-state index < -0.39 is 0 Å². The molecule has 1 atom stereocenters. The molecule has 14 heavy (non-hydrogen) atoms. The fraction of sp³-hybridized carbons (Fsp3) is 0.778. The molecule has 1 aliphatic rings. The molecule has 2 heterocycles. The molecule has 1 aromatic heterocycles. The number of rotatable bonds is 2. The molecule has 0 saturated carbocycles. The molecule has 0 bridgehead atoms. The Balaban J connectivity index is 2.17. The van der Waals surface area contributed by atoms with E-state index in [0.29, 0.717) is 12.0 Å². The molecular weight excluding hydrogens is 262 g/mol. The first-order chi connectivity index (χ1) is 6.68. The highest BCUT2D eigenvalue weighted by molar-refractivity contribution is 9.11. The van der Waals surface area contributed by atoms with E-state index in [9.17, 15) is 0 Å². The van der Waals surface area contributed by atoms with Gasteiger partial charge in [-0.2, -0.15) is 0 Å². The second-order valence-electron chi connectivity index (χ2n) is 3.98. The summed E-state index contributed by atoms with van der Waals surface area (Å²) in [5.74, 6) is 0.695. The van der Waals surface area contributed by atoms with Gasteiger partial charge in [0.2, 0.25) is 5.13 Å². The first-order valence-electron chi connectivity index (χ1n) is 4.94. The maximum absolute atomic E-state index is 4.18. The highest BCUT2D eigenvalue weighted by atomic mass is 79.9. The normalized spacial score (nSPS) is 22.3. The Morgan fingerprint density at radius 3 is 2.86 bits per heavy atom. The van der Waals surface area contributed by atoms with Crippen LogP contribution in [0.1, 0.15) is 26.7 Å². The predicted molar refractivity (Wildman–Crippen MR) is 62.8 cm³/mol. The zero-order chi connectivity index (χ0) is 10.1. The van der Waals surface area contributed by atoms with Gasteiger partial charge in [-0.1, -0.05) is 25.2 Å². The van der Waals surface area contributed by atoms with Gasteiger partial charge in [-0.3, -0.25) is 0 Å². The van der Waals surface area contributed by atoms with Crippen molar-refractivity contribution in [2.45, 2.75) is 32.7 Å². The molecule has 5 heteroatoms. The van der Waals surface area contributed by atoms with E-state index >= 15 is 0 Å². The monoisotopic (exact) mass is 275 g/mol. The third-order valence-corrected chi connectivity index (χ3v) is 4.10. The van der Waals surface area contributed by atoms with E-state index in [1.165, 1.54) is 12.8 Å². The van der Waals surface area contributed by atoms with Crippen LogP contribution in [0.5, 0.6) is 0 Å². The van der Waals surface area contributed by atoms with Crippen LogP contribution in [-0.2, 0) is 0 Å². The molecule has 1 unspecified atom stereocenters. The van der Waals surface area contributed by atoms with Crippen LogP contribution >= 0.6 is 27.3 Å². The molecular formula is C9H14BrN3S. The zero-order valence-electron chi connectivity index (χ0n) is 8.40. The molecule has 1 aliphatic heterocycles. The number of anilines is 1. The topological polar surface area (TPSA) is 29.0 Å². The third kappa shape index (κ3) is 1.93. The maximum Gasteiger partial charge on any atom is 0.209 e. The predicted octanol–water partition coefficient (Wildman–Crippen LogP) is 2.93. The van der Waals surface area contributed by atoms with Crippen molar-refractivity contribution in [1.82, 2.24) is 10.2 Å². The fourth-order valence-electron chi connectivity index (χ4n) is 2.04. The lowest BCUT2D eigenvalue weighted by Gasteiger charge is -2.26. The van der Waals surface area contributed by atoms with Crippen molar-refractivity contribution < 1.29 is 0 Å². The SMILES string of the molecule is CC(C)C1CCCN1c1nnc(Br)s1. The van der Waals surface area contributed by atoms with Gasteiger partial charge in [0.05, 0.1) is 0 Å². The molecule has 1 aromatic rings. The van der Waals surface area contributed by atoms with Crippen LogP contribution in [0.25, 0.3) is 0 Å². The van der Waals surface area contributed by atoms with Gasteiger partial charge in [0.1, 0.15) is 0 Å². The molecule has 0 amide bonds. The van der Waals surface area contributed by atoms with Crippen LogP contribution in [-0.4, -0.2) is 22.8 Å². The Morgan fingerprint density at radius 1 is 1.50 bits per heavy atom. The number of hydrogen-bond donors (Lipinski definition) is 0. The summed E-state index contributed by atoms with van der Waals surface area (Å²) in [6.07, 6.45) is 2.56.